The second-order valence-corrected chi connectivity index (χ2v) is 5.88. The first-order valence-corrected chi connectivity index (χ1v) is 7.87. The zero-order valence-electron chi connectivity index (χ0n) is 13.2. The summed E-state index contributed by atoms with van der Waals surface area (Å²) in [4.78, 5) is 4.31. The summed E-state index contributed by atoms with van der Waals surface area (Å²) >= 11 is 0. The van der Waals surface area contributed by atoms with Crippen LogP contribution in [0.25, 0.3) is 0 Å². The molecule has 116 valence electrons. The maximum atomic E-state index is 5.94. The van der Waals surface area contributed by atoms with Crippen LogP contribution >= 0.6 is 0 Å². The van der Waals surface area contributed by atoms with Crippen molar-refractivity contribution in [3.63, 3.8) is 0 Å². The number of nitrogens with one attached hydrogen (secondary N) is 1. The van der Waals surface area contributed by atoms with Crippen molar-refractivity contribution in [2.24, 2.45) is 0 Å². The summed E-state index contributed by atoms with van der Waals surface area (Å²) in [5.41, 5.74) is 3.22. The van der Waals surface area contributed by atoms with Crippen LogP contribution in [0.4, 0.5) is 5.82 Å². The van der Waals surface area contributed by atoms with Crippen molar-refractivity contribution in [3.05, 3.63) is 41.2 Å². The van der Waals surface area contributed by atoms with Crippen molar-refractivity contribution < 1.29 is 4.74 Å². The number of aryl methyl sites for hydroxylation is 2. The molecular formula is C17H22N4O. The SMILES string of the molecule is Cc1cc(NCc2ccnc(OC3CCCC3)c2)nnc1C. The van der Waals surface area contributed by atoms with Crippen molar-refractivity contribution in [3.8, 4) is 5.88 Å². The molecule has 2 aromatic heterocycles. The lowest BCUT2D eigenvalue weighted by atomic mass is 10.2. The third-order valence-corrected chi connectivity index (χ3v) is 4.09. The van der Waals surface area contributed by atoms with Crippen LogP contribution in [0.2, 0.25) is 0 Å². The molecule has 0 bridgehead atoms. The largest absolute Gasteiger partial charge is 0.474 e. The van der Waals surface area contributed by atoms with Gasteiger partial charge in [-0.1, -0.05) is 0 Å². The zero-order chi connectivity index (χ0) is 15.4. The number of nitrogens with zero attached hydrogens (tertiary/aromatic N) is 3. The molecule has 1 saturated carbocycles. The van der Waals surface area contributed by atoms with E-state index in [0.29, 0.717) is 12.6 Å². The van der Waals surface area contributed by atoms with E-state index in [4.69, 9.17) is 4.74 Å². The monoisotopic (exact) mass is 298 g/mol. The number of anilines is 1. The minimum Gasteiger partial charge on any atom is -0.474 e. The Morgan fingerprint density at radius 1 is 1.18 bits per heavy atom. The van der Waals surface area contributed by atoms with Gasteiger partial charge in [-0.2, -0.15) is 5.10 Å². The lowest BCUT2D eigenvalue weighted by Gasteiger charge is -2.13. The van der Waals surface area contributed by atoms with E-state index in [9.17, 15) is 0 Å². The van der Waals surface area contributed by atoms with E-state index in [1.807, 2.05) is 32.0 Å². The highest BCUT2D eigenvalue weighted by atomic mass is 16.5. The quantitative estimate of drug-likeness (QED) is 0.916. The summed E-state index contributed by atoms with van der Waals surface area (Å²) in [5, 5.41) is 11.6. The van der Waals surface area contributed by atoms with E-state index >= 15 is 0 Å². The van der Waals surface area contributed by atoms with Crippen molar-refractivity contribution in [2.75, 3.05) is 5.32 Å². The summed E-state index contributed by atoms with van der Waals surface area (Å²) in [6.45, 7) is 4.68. The molecule has 5 nitrogen and oxygen atoms in total. The van der Waals surface area contributed by atoms with Crippen LogP contribution in [-0.2, 0) is 6.54 Å². The van der Waals surface area contributed by atoms with Crippen LogP contribution in [0.1, 0.15) is 42.5 Å². The number of hydrogen-bond acceptors (Lipinski definition) is 5. The predicted octanol–water partition coefficient (Wildman–Crippen LogP) is 3.42. The Hall–Kier alpha value is -2.17. The molecule has 0 unspecified atom stereocenters. The Labute approximate surface area is 131 Å². The van der Waals surface area contributed by atoms with Crippen LogP contribution in [0.15, 0.2) is 24.4 Å². The van der Waals surface area contributed by atoms with Crippen molar-refractivity contribution in [1.29, 1.82) is 0 Å². The summed E-state index contributed by atoms with van der Waals surface area (Å²) in [6, 6.07) is 6.00. The number of hydrogen-bond donors (Lipinski definition) is 1. The van der Waals surface area contributed by atoms with Crippen molar-refractivity contribution >= 4 is 5.82 Å². The Kier molecular flexibility index (Phi) is 4.51. The third-order valence-electron chi connectivity index (χ3n) is 4.09. The second kappa shape index (κ2) is 6.73. The molecule has 0 atom stereocenters. The first-order chi connectivity index (χ1) is 10.7. The first-order valence-electron chi connectivity index (χ1n) is 7.87. The van der Waals surface area contributed by atoms with E-state index in [1.165, 1.54) is 12.8 Å². The molecule has 0 spiro atoms. The second-order valence-electron chi connectivity index (χ2n) is 5.88. The van der Waals surface area contributed by atoms with Crippen LogP contribution in [-0.4, -0.2) is 21.3 Å². The van der Waals surface area contributed by atoms with E-state index in [0.717, 1.165) is 41.4 Å². The number of pyridine rings is 1. The average Bonchev–Trinajstić information content (AvgIpc) is 3.02. The maximum absolute atomic E-state index is 5.94. The Morgan fingerprint density at radius 2 is 2.00 bits per heavy atom. The Balaban J connectivity index is 1.61. The first kappa shape index (κ1) is 14.8. The molecule has 22 heavy (non-hydrogen) atoms. The molecule has 5 heteroatoms. The summed E-state index contributed by atoms with van der Waals surface area (Å²) in [5.74, 6) is 1.51. The van der Waals surface area contributed by atoms with Gasteiger partial charge in [0, 0.05) is 18.8 Å². The topological polar surface area (TPSA) is 59.9 Å². The molecule has 1 N–H and O–H groups in total. The summed E-state index contributed by atoms with van der Waals surface area (Å²) < 4.78 is 5.94. The molecule has 1 aliphatic carbocycles. The Morgan fingerprint density at radius 3 is 2.77 bits per heavy atom. The predicted molar refractivity (Wildman–Crippen MR) is 86.0 cm³/mol. The van der Waals surface area contributed by atoms with Gasteiger partial charge in [-0.15, -0.1) is 5.10 Å². The highest BCUT2D eigenvalue weighted by molar-refractivity contribution is 5.38. The molecular weight excluding hydrogens is 276 g/mol. The minimum atomic E-state index is 0.335. The molecule has 2 heterocycles. The third kappa shape index (κ3) is 3.72. The molecule has 3 rings (SSSR count). The van der Waals surface area contributed by atoms with Gasteiger partial charge in [0.1, 0.15) is 11.9 Å². The normalized spacial score (nSPS) is 15.0. The van der Waals surface area contributed by atoms with Crippen LogP contribution in [0.5, 0.6) is 5.88 Å². The van der Waals surface area contributed by atoms with Gasteiger partial charge in [-0.3, -0.25) is 0 Å². The van der Waals surface area contributed by atoms with Crippen LogP contribution in [0.3, 0.4) is 0 Å². The molecule has 0 radical (unpaired) electrons. The van der Waals surface area contributed by atoms with Crippen molar-refractivity contribution in [2.45, 2.75) is 52.2 Å². The van der Waals surface area contributed by atoms with E-state index in [1.54, 1.807) is 6.20 Å². The Bertz CT molecular complexity index is 638. The van der Waals surface area contributed by atoms with Gasteiger partial charge in [0.05, 0.1) is 5.69 Å². The van der Waals surface area contributed by atoms with Gasteiger partial charge in [0.25, 0.3) is 0 Å². The molecule has 1 fully saturated rings. The fourth-order valence-electron chi connectivity index (χ4n) is 2.63. The van der Waals surface area contributed by atoms with E-state index in [-0.39, 0.29) is 0 Å². The molecule has 0 aromatic carbocycles. The molecule has 2 aromatic rings. The van der Waals surface area contributed by atoms with E-state index in [2.05, 4.69) is 20.5 Å². The highest BCUT2D eigenvalue weighted by Gasteiger charge is 2.16. The number of rotatable bonds is 5. The van der Waals surface area contributed by atoms with Gasteiger partial charge in [-0.25, -0.2) is 4.98 Å². The van der Waals surface area contributed by atoms with Gasteiger partial charge in [0.2, 0.25) is 5.88 Å². The van der Waals surface area contributed by atoms with Gasteiger partial charge < -0.3 is 10.1 Å². The molecule has 0 saturated heterocycles. The average molecular weight is 298 g/mol. The zero-order valence-corrected chi connectivity index (χ0v) is 13.2. The fourth-order valence-corrected chi connectivity index (χ4v) is 2.63. The smallest absolute Gasteiger partial charge is 0.213 e. The van der Waals surface area contributed by atoms with Crippen molar-refractivity contribution in [1.82, 2.24) is 15.2 Å². The van der Waals surface area contributed by atoms with Gasteiger partial charge >= 0.3 is 0 Å². The highest BCUT2D eigenvalue weighted by Crippen LogP contribution is 2.23. The lowest BCUT2D eigenvalue weighted by molar-refractivity contribution is 0.201. The molecule has 0 aliphatic heterocycles. The van der Waals surface area contributed by atoms with E-state index < -0.39 is 0 Å². The van der Waals surface area contributed by atoms with Crippen LogP contribution in [0, 0.1) is 13.8 Å². The molecule has 0 amide bonds. The van der Waals surface area contributed by atoms with Crippen LogP contribution < -0.4 is 10.1 Å². The standard InChI is InChI=1S/C17H22N4O/c1-12-9-16(21-20-13(12)2)19-11-14-7-8-18-17(10-14)22-15-5-3-4-6-15/h7-10,15H,3-6,11H2,1-2H3,(H,19,21). The molecule has 1 aliphatic rings. The summed E-state index contributed by atoms with van der Waals surface area (Å²) in [6.07, 6.45) is 6.94. The number of ether oxygens (including phenoxy) is 1. The minimum absolute atomic E-state index is 0.335. The van der Waals surface area contributed by atoms with Gasteiger partial charge in [-0.05, 0) is 62.8 Å². The maximum Gasteiger partial charge on any atom is 0.213 e. The van der Waals surface area contributed by atoms with Gasteiger partial charge in [0.15, 0.2) is 0 Å². The lowest BCUT2D eigenvalue weighted by Crippen LogP contribution is -2.12. The fraction of sp³-hybridized carbons (Fsp3) is 0.471. The number of aromatic nitrogens is 3. The summed E-state index contributed by atoms with van der Waals surface area (Å²) in [7, 11) is 0.